The van der Waals surface area contributed by atoms with Gasteiger partial charge in [-0.1, -0.05) is 73.5 Å². The molecule has 2 amide bonds. The lowest BCUT2D eigenvalue weighted by atomic mass is 9.91. The number of urea groups is 1. The number of ether oxygens (including phenoxy) is 2. The highest BCUT2D eigenvalue weighted by atomic mass is 35.5. The van der Waals surface area contributed by atoms with Gasteiger partial charge in [0.1, 0.15) is 12.2 Å². The minimum atomic E-state index is -1.06. The van der Waals surface area contributed by atoms with Gasteiger partial charge in [0.2, 0.25) is 0 Å². The van der Waals surface area contributed by atoms with E-state index in [-0.39, 0.29) is 30.8 Å². The van der Waals surface area contributed by atoms with Crippen molar-refractivity contribution in [3.63, 3.8) is 0 Å². The van der Waals surface area contributed by atoms with Crippen LogP contribution in [0.15, 0.2) is 60.7 Å². The topological polar surface area (TPSA) is 89.0 Å². The van der Waals surface area contributed by atoms with Gasteiger partial charge in [-0.25, -0.2) is 4.79 Å². The van der Waals surface area contributed by atoms with E-state index in [0.29, 0.717) is 25.9 Å². The molecule has 3 fully saturated rings. The van der Waals surface area contributed by atoms with Crippen LogP contribution >= 0.6 is 24.8 Å². The Morgan fingerprint density at radius 3 is 1.27 bits per heavy atom. The third-order valence-electron chi connectivity index (χ3n) is 9.96. The number of amides is 2. The maximum Gasteiger partial charge on any atom is 0.320 e. The number of aliphatic hydroxyl groups excluding tert-OH is 2. The van der Waals surface area contributed by atoms with Gasteiger partial charge in [0.25, 0.3) is 0 Å². The molecular weight excluding hydrogens is 651 g/mol. The fourth-order valence-electron chi connectivity index (χ4n) is 7.21. The first-order valence-corrected chi connectivity index (χ1v) is 17.7. The number of carbonyl (C=O) groups excluding carboxylic acids is 1. The van der Waals surface area contributed by atoms with E-state index in [4.69, 9.17) is 9.47 Å². The molecule has 48 heavy (non-hydrogen) atoms. The first-order chi connectivity index (χ1) is 22.6. The molecule has 0 bridgehead atoms. The lowest BCUT2D eigenvalue weighted by molar-refractivity contribution is -0.0397. The molecule has 3 heterocycles. The smallest absolute Gasteiger partial charge is 0.320 e. The maximum absolute atomic E-state index is 14.6. The van der Waals surface area contributed by atoms with Crippen molar-refractivity contribution in [2.45, 2.75) is 75.7 Å². The summed E-state index contributed by atoms with van der Waals surface area (Å²) in [5, 5.41) is 23.7. The average molecular weight is 710 g/mol. The number of carbonyl (C=O) groups is 1. The maximum atomic E-state index is 14.6. The second kappa shape index (κ2) is 22.0. The van der Waals surface area contributed by atoms with Crippen LogP contribution in [0.25, 0.3) is 0 Å². The average Bonchev–Trinajstić information content (AvgIpc) is 3.16. The molecule has 3 aliphatic rings. The molecule has 0 spiro atoms. The van der Waals surface area contributed by atoms with Crippen LogP contribution in [0.1, 0.15) is 49.7 Å². The number of aliphatic hydroxyl groups is 2. The molecule has 3 aliphatic heterocycles. The fraction of sp³-hybridized carbons (Fsp3) is 0.649. The zero-order valence-corrected chi connectivity index (χ0v) is 30.1. The molecule has 0 saturated carbocycles. The SMILES string of the molecule is Cl.Cl.O=C1N(CCCCCN2CCOCC2)[C@H](Cc2ccccc2)[C@H](O)[C@@H](O)[C@@H](Cc2ccccc2)N1CCCCCN1CCOCC1. The second-order valence-corrected chi connectivity index (χ2v) is 13.2. The number of rotatable bonds is 16. The quantitative estimate of drug-likeness (QED) is 0.248. The highest BCUT2D eigenvalue weighted by molar-refractivity contribution is 5.85. The molecule has 4 atom stereocenters. The van der Waals surface area contributed by atoms with Crippen molar-refractivity contribution in [1.82, 2.24) is 19.6 Å². The van der Waals surface area contributed by atoms with Crippen molar-refractivity contribution >= 4 is 30.8 Å². The molecule has 9 nitrogen and oxygen atoms in total. The number of unbranched alkanes of at least 4 members (excludes halogenated alkanes) is 4. The summed E-state index contributed by atoms with van der Waals surface area (Å²) in [6.45, 7) is 10.4. The van der Waals surface area contributed by atoms with Gasteiger partial charge in [0.15, 0.2) is 0 Å². The number of hydrogen-bond donors (Lipinski definition) is 2. The first kappa shape index (κ1) is 40.5. The van der Waals surface area contributed by atoms with Crippen LogP contribution in [0.3, 0.4) is 0 Å². The highest BCUT2D eigenvalue weighted by Gasteiger charge is 2.45. The van der Waals surface area contributed by atoms with Gasteiger partial charge in [-0.3, -0.25) is 9.80 Å². The number of benzene rings is 2. The van der Waals surface area contributed by atoms with Gasteiger partial charge in [-0.05, 0) is 62.7 Å². The molecule has 0 unspecified atom stereocenters. The van der Waals surface area contributed by atoms with E-state index >= 15 is 0 Å². The zero-order chi connectivity index (χ0) is 32.0. The number of morpholine rings is 2. The summed E-state index contributed by atoms with van der Waals surface area (Å²) in [7, 11) is 0. The van der Waals surface area contributed by atoms with Crippen LogP contribution in [-0.2, 0) is 22.3 Å². The van der Waals surface area contributed by atoms with Gasteiger partial charge >= 0.3 is 6.03 Å². The van der Waals surface area contributed by atoms with E-state index in [0.717, 1.165) is 115 Å². The van der Waals surface area contributed by atoms with Crippen molar-refractivity contribution in [2.75, 3.05) is 78.8 Å². The lowest BCUT2D eigenvalue weighted by Gasteiger charge is -2.36. The van der Waals surface area contributed by atoms with E-state index < -0.39 is 24.3 Å². The van der Waals surface area contributed by atoms with E-state index in [1.54, 1.807) is 0 Å². The third-order valence-corrected chi connectivity index (χ3v) is 9.96. The van der Waals surface area contributed by atoms with Crippen molar-refractivity contribution < 1.29 is 24.5 Å². The Balaban J connectivity index is 0.00000312. The number of halogens is 2. The molecule has 2 aromatic rings. The van der Waals surface area contributed by atoms with Gasteiger partial charge in [0.05, 0.1) is 38.5 Å². The predicted molar refractivity (Wildman–Crippen MR) is 195 cm³/mol. The molecule has 0 aliphatic carbocycles. The minimum absolute atomic E-state index is 0. The summed E-state index contributed by atoms with van der Waals surface area (Å²) in [4.78, 5) is 23.3. The van der Waals surface area contributed by atoms with Crippen LogP contribution in [0.4, 0.5) is 4.79 Å². The second-order valence-electron chi connectivity index (χ2n) is 13.2. The summed E-state index contributed by atoms with van der Waals surface area (Å²) in [6, 6.07) is 19.0. The molecule has 11 heteroatoms. The molecule has 0 aromatic heterocycles. The van der Waals surface area contributed by atoms with Gasteiger partial charge < -0.3 is 29.5 Å². The summed E-state index contributed by atoms with van der Waals surface area (Å²) in [5.74, 6) is 0. The summed E-state index contributed by atoms with van der Waals surface area (Å²) in [5.41, 5.74) is 2.11. The Morgan fingerprint density at radius 2 is 0.896 bits per heavy atom. The molecule has 2 N–H and O–H groups in total. The largest absolute Gasteiger partial charge is 0.388 e. The molecule has 3 saturated heterocycles. The number of nitrogens with zero attached hydrogens (tertiary/aromatic N) is 4. The molecule has 2 aromatic carbocycles. The summed E-state index contributed by atoms with van der Waals surface area (Å²) >= 11 is 0. The van der Waals surface area contributed by atoms with Crippen molar-refractivity contribution in [3.05, 3.63) is 71.8 Å². The van der Waals surface area contributed by atoms with Crippen LogP contribution in [-0.4, -0.2) is 139 Å². The monoisotopic (exact) mass is 708 g/mol. The molecule has 270 valence electrons. The normalized spacial score (nSPS) is 24.1. The zero-order valence-electron chi connectivity index (χ0n) is 28.4. The van der Waals surface area contributed by atoms with Crippen molar-refractivity contribution in [3.8, 4) is 0 Å². The number of hydrogen-bond acceptors (Lipinski definition) is 7. The Hall–Kier alpha value is -1.95. The predicted octanol–water partition coefficient (Wildman–Crippen LogP) is 4.52. The fourth-order valence-corrected chi connectivity index (χ4v) is 7.21. The van der Waals surface area contributed by atoms with E-state index in [1.807, 2.05) is 70.5 Å². The van der Waals surface area contributed by atoms with Gasteiger partial charge in [0, 0.05) is 39.3 Å². The van der Waals surface area contributed by atoms with Crippen LogP contribution in [0, 0.1) is 0 Å². The Labute approximate surface area is 300 Å². The third kappa shape index (κ3) is 12.1. The molecule has 0 radical (unpaired) electrons. The van der Waals surface area contributed by atoms with Gasteiger partial charge in [-0.2, -0.15) is 0 Å². The first-order valence-electron chi connectivity index (χ1n) is 17.7. The van der Waals surface area contributed by atoms with Crippen LogP contribution in [0.2, 0.25) is 0 Å². The summed E-state index contributed by atoms with van der Waals surface area (Å²) in [6.07, 6.45) is 4.77. The van der Waals surface area contributed by atoms with Crippen LogP contribution < -0.4 is 0 Å². The minimum Gasteiger partial charge on any atom is -0.388 e. The van der Waals surface area contributed by atoms with Crippen LogP contribution in [0.5, 0.6) is 0 Å². The molecule has 5 rings (SSSR count). The molecular formula is C37H58Cl2N4O5. The van der Waals surface area contributed by atoms with E-state index in [2.05, 4.69) is 9.80 Å². The van der Waals surface area contributed by atoms with Crippen molar-refractivity contribution in [1.29, 1.82) is 0 Å². The Kier molecular flexibility index (Phi) is 18.5. The van der Waals surface area contributed by atoms with E-state index in [9.17, 15) is 15.0 Å². The Bertz CT molecular complexity index is 1050. The highest BCUT2D eigenvalue weighted by Crippen LogP contribution is 2.28. The standard InChI is InChI=1S/C37H56N4O5.2ClH/c42-35-33(29-31-13-5-1-6-14-31)40(19-11-3-9-17-38-21-25-45-26-22-38)37(44)41(20-12-4-10-18-39-23-27-46-28-24-39)34(36(35)43)30-32-15-7-2-8-16-32;;/h1-2,5-8,13-16,33-36,42-43H,3-4,9-12,17-30H2;2*1H/t33-,34-,35+,36+;;/m1../s1. The van der Waals surface area contributed by atoms with Crippen molar-refractivity contribution in [2.24, 2.45) is 0 Å². The summed E-state index contributed by atoms with van der Waals surface area (Å²) < 4.78 is 11.0. The van der Waals surface area contributed by atoms with Gasteiger partial charge in [-0.15, -0.1) is 24.8 Å². The lowest BCUT2D eigenvalue weighted by Crippen LogP contribution is -2.51. The Morgan fingerprint density at radius 1 is 0.542 bits per heavy atom. The van der Waals surface area contributed by atoms with E-state index in [1.165, 1.54) is 0 Å².